The fourth-order valence-electron chi connectivity index (χ4n) is 1.93. The lowest BCUT2D eigenvalue weighted by molar-refractivity contribution is 0.0494. The van der Waals surface area contributed by atoms with Crippen LogP contribution in [0.15, 0.2) is 36.7 Å². The van der Waals surface area contributed by atoms with Gasteiger partial charge in [0.2, 0.25) is 5.88 Å². The van der Waals surface area contributed by atoms with E-state index in [1.807, 2.05) is 12.1 Å². The Bertz CT molecular complexity index is 556. The number of halogens is 1. The molecule has 0 aliphatic rings. The molecule has 2 rings (SSSR count). The van der Waals surface area contributed by atoms with E-state index in [9.17, 15) is 5.11 Å². The van der Waals surface area contributed by atoms with Gasteiger partial charge in [-0.3, -0.25) is 4.98 Å². The lowest BCUT2D eigenvalue weighted by atomic mass is 9.93. The summed E-state index contributed by atoms with van der Waals surface area (Å²) < 4.78 is 5.13. The van der Waals surface area contributed by atoms with Crippen molar-refractivity contribution in [2.45, 2.75) is 18.9 Å². The highest BCUT2D eigenvalue weighted by Crippen LogP contribution is 2.29. The fraction of sp³-hybridized carbons (Fsp3) is 0.286. The number of nitrogens with zero attached hydrogens (tertiary/aromatic N) is 2. The minimum absolute atomic E-state index is 0.335. The van der Waals surface area contributed by atoms with E-state index in [1.165, 1.54) is 19.5 Å². The van der Waals surface area contributed by atoms with E-state index in [-0.39, 0.29) is 0 Å². The summed E-state index contributed by atoms with van der Waals surface area (Å²) in [7, 11) is 1.51. The first-order valence-electron chi connectivity index (χ1n) is 5.85. The smallest absolute Gasteiger partial charge is 0.238 e. The molecule has 5 heteroatoms. The molecular formula is C14H15ClN2O2. The van der Waals surface area contributed by atoms with Gasteiger partial charge in [0.15, 0.2) is 0 Å². The van der Waals surface area contributed by atoms with Crippen molar-refractivity contribution in [3.8, 4) is 5.88 Å². The van der Waals surface area contributed by atoms with Gasteiger partial charge in [-0.25, -0.2) is 4.98 Å². The number of hydrogen-bond acceptors (Lipinski definition) is 4. The highest BCUT2D eigenvalue weighted by atomic mass is 35.5. The average Bonchev–Trinajstić information content (AvgIpc) is 2.41. The van der Waals surface area contributed by atoms with Crippen LogP contribution in [0.2, 0.25) is 5.02 Å². The van der Waals surface area contributed by atoms with E-state index in [0.29, 0.717) is 23.0 Å². The Kier molecular flexibility index (Phi) is 4.02. The molecule has 0 bridgehead atoms. The van der Waals surface area contributed by atoms with Crippen LogP contribution >= 0.6 is 11.6 Å². The molecule has 1 aromatic carbocycles. The Hall–Kier alpha value is -1.65. The summed E-state index contributed by atoms with van der Waals surface area (Å²) in [5, 5.41) is 11.3. The predicted molar refractivity (Wildman–Crippen MR) is 73.3 cm³/mol. The van der Waals surface area contributed by atoms with Gasteiger partial charge in [0.25, 0.3) is 0 Å². The Morgan fingerprint density at radius 1 is 1.21 bits per heavy atom. The van der Waals surface area contributed by atoms with Crippen LogP contribution in [0.1, 0.15) is 18.2 Å². The molecule has 0 amide bonds. The summed E-state index contributed by atoms with van der Waals surface area (Å²) in [5.41, 5.74) is 0.225. The number of rotatable bonds is 4. The Balaban J connectivity index is 2.29. The van der Waals surface area contributed by atoms with E-state index in [2.05, 4.69) is 9.97 Å². The third-order valence-corrected chi connectivity index (χ3v) is 3.08. The molecule has 2 aromatic rings. The van der Waals surface area contributed by atoms with Crippen molar-refractivity contribution >= 4 is 11.6 Å². The van der Waals surface area contributed by atoms with Gasteiger partial charge in [0.1, 0.15) is 11.3 Å². The molecule has 0 saturated heterocycles. The molecule has 0 aliphatic heterocycles. The Labute approximate surface area is 117 Å². The van der Waals surface area contributed by atoms with Gasteiger partial charge in [-0.2, -0.15) is 0 Å². The monoisotopic (exact) mass is 278 g/mol. The molecule has 1 atom stereocenters. The van der Waals surface area contributed by atoms with Gasteiger partial charge in [-0.1, -0.05) is 23.7 Å². The van der Waals surface area contributed by atoms with Crippen LogP contribution in [0.3, 0.4) is 0 Å². The molecule has 0 fully saturated rings. The third-order valence-electron chi connectivity index (χ3n) is 2.83. The molecule has 0 aliphatic carbocycles. The Morgan fingerprint density at radius 3 is 2.47 bits per heavy atom. The molecule has 1 aromatic heterocycles. The highest BCUT2D eigenvalue weighted by Gasteiger charge is 2.29. The summed E-state index contributed by atoms with van der Waals surface area (Å²) in [6.45, 7) is 1.69. The van der Waals surface area contributed by atoms with Crippen molar-refractivity contribution in [3.05, 3.63) is 52.9 Å². The van der Waals surface area contributed by atoms with Crippen LogP contribution < -0.4 is 4.74 Å². The molecule has 1 unspecified atom stereocenters. The largest absolute Gasteiger partial charge is 0.480 e. The molecule has 1 heterocycles. The van der Waals surface area contributed by atoms with Crippen molar-refractivity contribution in [1.82, 2.24) is 9.97 Å². The van der Waals surface area contributed by atoms with Crippen LogP contribution in [0.4, 0.5) is 0 Å². The zero-order valence-corrected chi connectivity index (χ0v) is 11.6. The summed E-state index contributed by atoms with van der Waals surface area (Å²) in [6.07, 6.45) is 3.47. The van der Waals surface area contributed by atoms with Crippen molar-refractivity contribution in [3.63, 3.8) is 0 Å². The summed E-state index contributed by atoms with van der Waals surface area (Å²) in [4.78, 5) is 8.22. The average molecular weight is 279 g/mol. The normalized spacial score (nSPS) is 13.9. The lowest BCUT2D eigenvalue weighted by Crippen LogP contribution is -2.26. The van der Waals surface area contributed by atoms with Crippen molar-refractivity contribution in [2.24, 2.45) is 0 Å². The van der Waals surface area contributed by atoms with Crippen molar-refractivity contribution in [1.29, 1.82) is 0 Å². The van der Waals surface area contributed by atoms with Gasteiger partial charge >= 0.3 is 0 Å². The van der Waals surface area contributed by atoms with Gasteiger partial charge in [-0.15, -0.1) is 0 Å². The number of benzene rings is 1. The summed E-state index contributed by atoms with van der Waals surface area (Å²) >= 11 is 5.84. The van der Waals surface area contributed by atoms with Gasteiger partial charge < -0.3 is 9.84 Å². The molecule has 0 radical (unpaired) electrons. The first kappa shape index (κ1) is 13.8. The zero-order chi connectivity index (χ0) is 13.9. The topological polar surface area (TPSA) is 55.2 Å². The fourth-order valence-corrected chi connectivity index (χ4v) is 2.05. The standard InChI is InChI=1S/C14H15ClN2O2/c1-14(18,9-10-3-5-11(15)6-4-10)12-13(19-2)17-8-7-16-12/h3-8,18H,9H2,1-2H3. The number of aromatic nitrogens is 2. The lowest BCUT2D eigenvalue weighted by Gasteiger charge is -2.23. The minimum Gasteiger partial charge on any atom is -0.480 e. The molecule has 19 heavy (non-hydrogen) atoms. The van der Waals surface area contributed by atoms with Gasteiger partial charge in [0.05, 0.1) is 7.11 Å². The second-order valence-electron chi connectivity index (χ2n) is 4.49. The maximum Gasteiger partial charge on any atom is 0.238 e. The number of aliphatic hydroxyl groups is 1. The first-order valence-corrected chi connectivity index (χ1v) is 6.23. The van der Waals surface area contributed by atoms with E-state index >= 15 is 0 Å². The number of hydrogen-bond donors (Lipinski definition) is 1. The summed E-state index contributed by atoms with van der Waals surface area (Å²) in [5.74, 6) is 0.335. The van der Waals surface area contributed by atoms with Gasteiger partial charge in [0, 0.05) is 23.8 Å². The molecular weight excluding hydrogens is 264 g/mol. The summed E-state index contributed by atoms with van der Waals surface area (Å²) in [6, 6.07) is 7.33. The first-order chi connectivity index (χ1) is 9.03. The third kappa shape index (κ3) is 3.22. The van der Waals surface area contributed by atoms with Gasteiger partial charge in [-0.05, 0) is 24.6 Å². The van der Waals surface area contributed by atoms with Crippen LogP contribution in [0, 0.1) is 0 Å². The number of ether oxygens (including phenoxy) is 1. The minimum atomic E-state index is -1.16. The van der Waals surface area contributed by atoms with Crippen LogP contribution in [0.25, 0.3) is 0 Å². The Morgan fingerprint density at radius 2 is 1.84 bits per heavy atom. The maximum absolute atomic E-state index is 10.6. The SMILES string of the molecule is COc1nccnc1C(C)(O)Cc1ccc(Cl)cc1. The quantitative estimate of drug-likeness (QED) is 0.934. The molecule has 0 saturated carbocycles. The second-order valence-corrected chi connectivity index (χ2v) is 4.93. The number of methoxy groups -OCH3 is 1. The second kappa shape index (κ2) is 5.55. The van der Waals surface area contributed by atoms with Crippen LogP contribution in [-0.2, 0) is 12.0 Å². The molecule has 1 N–H and O–H groups in total. The van der Waals surface area contributed by atoms with E-state index in [4.69, 9.17) is 16.3 Å². The molecule has 0 spiro atoms. The van der Waals surface area contributed by atoms with E-state index in [0.717, 1.165) is 5.56 Å². The predicted octanol–water partition coefficient (Wildman–Crippen LogP) is 2.59. The zero-order valence-electron chi connectivity index (χ0n) is 10.8. The van der Waals surface area contributed by atoms with Crippen LogP contribution in [0.5, 0.6) is 5.88 Å². The molecule has 4 nitrogen and oxygen atoms in total. The highest BCUT2D eigenvalue weighted by molar-refractivity contribution is 6.30. The maximum atomic E-state index is 10.6. The van der Waals surface area contributed by atoms with Crippen molar-refractivity contribution in [2.75, 3.05) is 7.11 Å². The van der Waals surface area contributed by atoms with E-state index in [1.54, 1.807) is 19.1 Å². The van der Waals surface area contributed by atoms with E-state index < -0.39 is 5.60 Å². The molecule has 100 valence electrons. The van der Waals surface area contributed by atoms with Crippen molar-refractivity contribution < 1.29 is 9.84 Å². The van der Waals surface area contributed by atoms with Crippen LogP contribution in [-0.4, -0.2) is 22.2 Å².